The third-order valence-corrected chi connectivity index (χ3v) is 7.03. The number of anilines is 1. The second-order valence-corrected chi connectivity index (χ2v) is 8.68. The molecule has 28 heavy (non-hydrogen) atoms. The van der Waals surface area contributed by atoms with Crippen molar-refractivity contribution in [2.24, 2.45) is 0 Å². The zero-order valence-electron chi connectivity index (χ0n) is 15.6. The van der Waals surface area contributed by atoms with Gasteiger partial charge in [0.2, 0.25) is 5.91 Å². The third-order valence-electron chi connectivity index (χ3n) is 4.85. The van der Waals surface area contributed by atoms with E-state index in [1.54, 1.807) is 29.8 Å². The maximum Gasteiger partial charge on any atom is 0.233 e. The predicted molar refractivity (Wildman–Crippen MR) is 113 cm³/mol. The van der Waals surface area contributed by atoms with Gasteiger partial charge in [0.15, 0.2) is 0 Å². The van der Waals surface area contributed by atoms with Gasteiger partial charge in [-0.15, -0.1) is 11.3 Å². The van der Waals surface area contributed by atoms with E-state index < -0.39 is 0 Å². The van der Waals surface area contributed by atoms with Crippen LogP contribution in [0.4, 0.5) is 10.1 Å². The summed E-state index contributed by atoms with van der Waals surface area (Å²) in [6.07, 6.45) is 2.55. The van der Waals surface area contributed by atoms with Gasteiger partial charge in [0.1, 0.15) is 22.0 Å². The van der Waals surface area contributed by atoms with E-state index in [1.165, 1.54) is 28.8 Å². The molecule has 0 N–H and O–H groups in total. The van der Waals surface area contributed by atoms with Crippen LogP contribution >= 0.6 is 23.1 Å². The zero-order valence-corrected chi connectivity index (χ0v) is 17.2. The van der Waals surface area contributed by atoms with Crippen LogP contribution in [0.3, 0.4) is 0 Å². The van der Waals surface area contributed by atoms with Crippen LogP contribution in [0, 0.1) is 5.82 Å². The molecule has 4 rings (SSSR count). The highest BCUT2D eigenvalue weighted by atomic mass is 32.2. The molecular formula is C20H21FN4OS2. The molecule has 1 aromatic carbocycles. The number of aryl methyl sites for hydroxylation is 1. The Morgan fingerprint density at radius 1 is 1.18 bits per heavy atom. The highest BCUT2D eigenvalue weighted by molar-refractivity contribution is 8.00. The van der Waals surface area contributed by atoms with Gasteiger partial charge in [-0.3, -0.25) is 4.79 Å². The van der Waals surface area contributed by atoms with E-state index in [0.29, 0.717) is 18.8 Å². The fraction of sp³-hybridized carbons (Fsp3) is 0.350. The standard InChI is InChI=1S/C20H21FN4OS2/c1-2-16-11-17-19(22-13-23-20(17)28-16)27-12-18(26)25-9-7-24(8-10-25)15-5-3-14(21)4-6-15/h3-6,11,13H,2,7-10,12H2,1H3. The molecule has 0 unspecified atom stereocenters. The molecule has 1 fully saturated rings. The van der Waals surface area contributed by atoms with E-state index in [1.807, 2.05) is 4.90 Å². The Balaban J connectivity index is 1.34. The maximum atomic E-state index is 13.1. The smallest absolute Gasteiger partial charge is 0.233 e. The number of amides is 1. The summed E-state index contributed by atoms with van der Waals surface area (Å²) in [4.78, 5) is 27.7. The lowest BCUT2D eigenvalue weighted by atomic mass is 10.2. The lowest BCUT2D eigenvalue weighted by Gasteiger charge is -2.36. The van der Waals surface area contributed by atoms with E-state index in [2.05, 4.69) is 27.9 Å². The topological polar surface area (TPSA) is 49.3 Å². The van der Waals surface area contributed by atoms with Crippen LogP contribution in [0.15, 0.2) is 41.7 Å². The zero-order chi connectivity index (χ0) is 19.5. The molecule has 1 aliphatic rings. The van der Waals surface area contributed by atoms with Crippen LogP contribution in [0.1, 0.15) is 11.8 Å². The number of rotatable bonds is 5. The Bertz CT molecular complexity index is 968. The summed E-state index contributed by atoms with van der Waals surface area (Å²) in [6.45, 7) is 4.98. The molecule has 0 atom stereocenters. The fourth-order valence-electron chi connectivity index (χ4n) is 3.26. The van der Waals surface area contributed by atoms with Crippen LogP contribution in [0.2, 0.25) is 0 Å². The first-order valence-corrected chi connectivity index (χ1v) is 11.1. The molecule has 0 radical (unpaired) electrons. The monoisotopic (exact) mass is 416 g/mol. The fourth-order valence-corrected chi connectivity index (χ4v) is 5.14. The van der Waals surface area contributed by atoms with Crippen LogP contribution in [-0.2, 0) is 11.2 Å². The van der Waals surface area contributed by atoms with E-state index in [4.69, 9.17) is 0 Å². The first-order valence-electron chi connectivity index (χ1n) is 9.28. The van der Waals surface area contributed by atoms with Crippen molar-refractivity contribution in [3.8, 4) is 0 Å². The molecule has 0 aliphatic carbocycles. The van der Waals surface area contributed by atoms with Crippen molar-refractivity contribution in [2.75, 3.05) is 36.8 Å². The highest BCUT2D eigenvalue weighted by Gasteiger charge is 2.22. The van der Waals surface area contributed by atoms with Crippen LogP contribution in [0.25, 0.3) is 10.2 Å². The van der Waals surface area contributed by atoms with Crippen molar-refractivity contribution in [2.45, 2.75) is 18.4 Å². The lowest BCUT2D eigenvalue weighted by molar-refractivity contribution is -0.128. The number of hydrogen-bond acceptors (Lipinski definition) is 6. The average molecular weight is 417 g/mol. The van der Waals surface area contributed by atoms with Crippen molar-refractivity contribution < 1.29 is 9.18 Å². The predicted octanol–water partition coefficient (Wildman–Crippen LogP) is 3.83. The summed E-state index contributed by atoms with van der Waals surface area (Å²) < 4.78 is 13.1. The molecule has 8 heteroatoms. The molecule has 0 saturated carbocycles. The average Bonchev–Trinajstić information content (AvgIpc) is 3.17. The van der Waals surface area contributed by atoms with Crippen molar-refractivity contribution in [3.63, 3.8) is 0 Å². The molecule has 1 saturated heterocycles. The van der Waals surface area contributed by atoms with Crippen LogP contribution < -0.4 is 4.90 Å². The second-order valence-electron chi connectivity index (χ2n) is 6.60. The normalized spacial score (nSPS) is 14.6. The van der Waals surface area contributed by atoms with Gasteiger partial charge in [-0.1, -0.05) is 18.7 Å². The van der Waals surface area contributed by atoms with Gasteiger partial charge in [0, 0.05) is 42.1 Å². The van der Waals surface area contributed by atoms with Crippen molar-refractivity contribution in [3.05, 3.63) is 47.4 Å². The molecule has 5 nitrogen and oxygen atoms in total. The largest absolute Gasteiger partial charge is 0.368 e. The number of benzene rings is 1. The van der Waals surface area contributed by atoms with Crippen LogP contribution in [-0.4, -0.2) is 52.7 Å². The molecule has 146 valence electrons. The molecule has 0 spiro atoms. The molecular weight excluding hydrogens is 395 g/mol. The van der Waals surface area contributed by atoms with E-state index in [0.717, 1.165) is 40.4 Å². The van der Waals surface area contributed by atoms with Crippen molar-refractivity contribution in [1.29, 1.82) is 0 Å². The molecule has 2 aromatic heterocycles. The first kappa shape index (κ1) is 19.1. The third kappa shape index (κ3) is 4.12. The minimum Gasteiger partial charge on any atom is -0.368 e. The maximum absolute atomic E-state index is 13.1. The molecule has 1 aliphatic heterocycles. The second kappa shape index (κ2) is 8.45. The highest BCUT2D eigenvalue weighted by Crippen LogP contribution is 2.31. The van der Waals surface area contributed by atoms with Gasteiger partial charge < -0.3 is 9.80 Å². The lowest BCUT2D eigenvalue weighted by Crippen LogP contribution is -2.49. The number of piperazine rings is 1. The summed E-state index contributed by atoms with van der Waals surface area (Å²) >= 11 is 3.17. The Morgan fingerprint density at radius 3 is 2.64 bits per heavy atom. The Hall–Kier alpha value is -2.19. The van der Waals surface area contributed by atoms with Crippen molar-refractivity contribution >= 4 is 44.9 Å². The summed E-state index contributed by atoms with van der Waals surface area (Å²) in [6, 6.07) is 8.65. The number of nitrogens with zero attached hydrogens (tertiary/aromatic N) is 4. The Kier molecular flexibility index (Phi) is 5.77. The number of carbonyl (C=O) groups excluding carboxylic acids is 1. The minimum atomic E-state index is -0.231. The van der Waals surface area contributed by atoms with Gasteiger partial charge in [0.05, 0.1) is 5.75 Å². The number of aromatic nitrogens is 2. The summed E-state index contributed by atoms with van der Waals surface area (Å²) in [5.41, 5.74) is 0.996. The number of fused-ring (bicyclic) bond motifs is 1. The number of thiophene rings is 1. The summed E-state index contributed by atoms with van der Waals surface area (Å²) in [7, 11) is 0. The Labute approximate surface area is 171 Å². The van der Waals surface area contributed by atoms with E-state index in [9.17, 15) is 9.18 Å². The Morgan fingerprint density at radius 2 is 1.93 bits per heavy atom. The first-order chi connectivity index (χ1) is 13.6. The minimum absolute atomic E-state index is 0.126. The van der Waals surface area contributed by atoms with Crippen LogP contribution in [0.5, 0.6) is 0 Å². The van der Waals surface area contributed by atoms with E-state index >= 15 is 0 Å². The van der Waals surface area contributed by atoms with Gasteiger partial charge in [0.25, 0.3) is 0 Å². The van der Waals surface area contributed by atoms with Gasteiger partial charge >= 0.3 is 0 Å². The molecule has 0 bridgehead atoms. The molecule has 1 amide bonds. The van der Waals surface area contributed by atoms with Gasteiger partial charge in [-0.2, -0.15) is 0 Å². The number of hydrogen-bond donors (Lipinski definition) is 0. The molecule has 3 aromatic rings. The number of halogens is 1. The number of carbonyl (C=O) groups is 1. The summed E-state index contributed by atoms with van der Waals surface area (Å²) in [5.74, 6) is 0.270. The van der Waals surface area contributed by atoms with Gasteiger partial charge in [-0.05, 0) is 36.8 Å². The number of thioether (sulfide) groups is 1. The molecule has 3 heterocycles. The van der Waals surface area contributed by atoms with E-state index in [-0.39, 0.29) is 11.7 Å². The summed E-state index contributed by atoms with van der Waals surface area (Å²) in [5, 5.41) is 1.92. The SMILES string of the molecule is CCc1cc2c(SCC(=O)N3CCN(c4ccc(F)cc4)CC3)ncnc2s1. The quantitative estimate of drug-likeness (QED) is 0.467. The van der Waals surface area contributed by atoms with Crippen molar-refractivity contribution in [1.82, 2.24) is 14.9 Å². The van der Waals surface area contributed by atoms with Gasteiger partial charge in [-0.25, -0.2) is 14.4 Å².